The molecule has 56 heavy (non-hydrogen) atoms. The van der Waals surface area contributed by atoms with Crippen LogP contribution >= 0.6 is 0 Å². The number of epoxide rings is 2. The minimum Gasteiger partial charge on any atom is -0.457 e. The van der Waals surface area contributed by atoms with Crippen LogP contribution in [0.25, 0.3) is 6.08 Å². The van der Waals surface area contributed by atoms with E-state index in [2.05, 4.69) is 9.97 Å². The highest BCUT2D eigenvalue weighted by Crippen LogP contribution is 2.35. The number of hydrogen-bond donors (Lipinski definition) is 2. The second-order valence-corrected chi connectivity index (χ2v) is 15.1. The molecule has 13 nitrogen and oxygen atoms in total. The lowest BCUT2D eigenvalue weighted by atomic mass is 9.79. The molecule has 302 valence electrons. The van der Waals surface area contributed by atoms with Gasteiger partial charge in [0.1, 0.15) is 49.2 Å². The SMILES string of the molecule is C/C=C/C(O)C(C)(C)C1C/C=C\C2OC2/C=C\C(OC)Cc2nc(co2)C(=O)OC(C(C)(C)C(O)/C=C/C)C/C=C\[C@H]2O[C@@H]2/C=C\C=C/c2nc(co2)C(=O)O1. The van der Waals surface area contributed by atoms with E-state index in [-0.39, 0.29) is 54.0 Å². The van der Waals surface area contributed by atoms with Crippen LogP contribution in [0.4, 0.5) is 0 Å². The molecule has 5 heterocycles. The summed E-state index contributed by atoms with van der Waals surface area (Å²) in [5.41, 5.74) is -1.68. The third-order valence-corrected chi connectivity index (χ3v) is 10.2. The lowest BCUT2D eigenvalue weighted by molar-refractivity contribution is -0.0461. The van der Waals surface area contributed by atoms with Gasteiger partial charge in [0.15, 0.2) is 17.3 Å². The third-order valence-electron chi connectivity index (χ3n) is 10.2. The summed E-state index contributed by atoms with van der Waals surface area (Å²) in [4.78, 5) is 35.3. The molecule has 0 saturated carbocycles. The normalized spacial score (nSPS) is 30.9. The molecule has 2 aromatic rings. The molecule has 2 aromatic heterocycles. The molecule has 0 radical (unpaired) electrons. The van der Waals surface area contributed by atoms with Crippen LogP contribution in [0.5, 0.6) is 0 Å². The summed E-state index contributed by atoms with van der Waals surface area (Å²) in [6.07, 6.45) is 24.1. The van der Waals surface area contributed by atoms with Crippen LogP contribution in [0.2, 0.25) is 0 Å². The number of esters is 2. The number of carbonyl (C=O) groups is 2. The van der Waals surface area contributed by atoms with Crippen LogP contribution in [0.3, 0.4) is 0 Å². The predicted molar refractivity (Wildman–Crippen MR) is 207 cm³/mol. The van der Waals surface area contributed by atoms with Gasteiger partial charge >= 0.3 is 11.9 Å². The van der Waals surface area contributed by atoms with Crippen LogP contribution in [0.15, 0.2) is 100 Å². The molecule has 0 aromatic carbocycles. The number of carbonyl (C=O) groups excluding carboxylic acids is 2. The van der Waals surface area contributed by atoms with Crippen molar-refractivity contribution in [3.63, 3.8) is 0 Å². The van der Waals surface area contributed by atoms with Crippen LogP contribution in [0.1, 0.15) is 87.1 Å². The summed E-state index contributed by atoms with van der Waals surface area (Å²) in [5.74, 6) is -0.844. The van der Waals surface area contributed by atoms with Gasteiger partial charge in [0, 0.05) is 36.9 Å². The van der Waals surface area contributed by atoms with E-state index in [0.29, 0.717) is 12.8 Å². The van der Waals surface area contributed by atoms with E-state index in [4.69, 9.17) is 32.5 Å². The molecule has 9 atom stereocenters. The van der Waals surface area contributed by atoms with E-state index in [1.54, 1.807) is 49.6 Å². The van der Waals surface area contributed by atoms with Gasteiger partial charge in [0.05, 0.1) is 24.7 Å². The largest absolute Gasteiger partial charge is 0.457 e. The van der Waals surface area contributed by atoms with Crippen molar-refractivity contribution in [2.24, 2.45) is 10.8 Å². The molecule has 0 spiro atoms. The number of aromatic nitrogens is 2. The molecule has 3 aliphatic heterocycles. The fraction of sp³-hybridized carbons (Fsp3) is 0.488. The van der Waals surface area contributed by atoms with Gasteiger partial charge in [-0.15, -0.1) is 0 Å². The first-order valence-corrected chi connectivity index (χ1v) is 18.9. The number of ether oxygens (including phenoxy) is 5. The van der Waals surface area contributed by atoms with Crippen molar-refractivity contribution >= 4 is 18.0 Å². The first-order valence-electron chi connectivity index (χ1n) is 18.9. The van der Waals surface area contributed by atoms with Crippen molar-refractivity contribution in [2.45, 2.75) is 116 Å². The number of hydrogen-bond acceptors (Lipinski definition) is 13. The maximum atomic E-state index is 13.4. The van der Waals surface area contributed by atoms with Crippen LogP contribution < -0.4 is 0 Å². The summed E-state index contributed by atoms with van der Waals surface area (Å²) < 4.78 is 40.3. The van der Waals surface area contributed by atoms with Crippen molar-refractivity contribution in [3.8, 4) is 0 Å². The Balaban J connectivity index is 1.37. The summed E-state index contributed by atoms with van der Waals surface area (Å²) in [6.45, 7) is 11.0. The summed E-state index contributed by atoms with van der Waals surface area (Å²) in [5, 5.41) is 21.9. The number of aliphatic hydroxyl groups excluding tert-OH is 2. The second kappa shape index (κ2) is 19.0. The van der Waals surface area contributed by atoms with Gasteiger partial charge in [-0.3, -0.25) is 0 Å². The average Bonchev–Trinajstić information content (AvgIpc) is 3.96. The van der Waals surface area contributed by atoms with Crippen LogP contribution in [-0.4, -0.2) is 94.2 Å². The summed E-state index contributed by atoms with van der Waals surface area (Å²) in [6, 6.07) is 0. The highest BCUT2D eigenvalue weighted by atomic mass is 16.6. The van der Waals surface area contributed by atoms with Crippen LogP contribution in [0, 0.1) is 10.8 Å². The maximum absolute atomic E-state index is 13.4. The van der Waals surface area contributed by atoms with Crippen molar-refractivity contribution in [1.29, 1.82) is 0 Å². The van der Waals surface area contributed by atoms with Gasteiger partial charge in [-0.1, -0.05) is 107 Å². The fourth-order valence-electron chi connectivity index (χ4n) is 6.10. The zero-order chi connectivity index (χ0) is 40.5. The maximum Gasteiger partial charge on any atom is 0.360 e. The monoisotopic (exact) mass is 774 g/mol. The Bertz CT molecular complexity index is 1840. The molecular weight excluding hydrogens is 720 g/mol. The zero-order valence-corrected chi connectivity index (χ0v) is 33.0. The van der Waals surface area contributed by atoms with Gasteiger partial charge in [-0.25, -0.2) is 19.6 Å². The van der Waals surface area contributed by atoms with E-state index in [1.165, 1.54) is 12.5 Å². The van der Waals surface area contributed by atoms with Gasteiger partial charge in [0.25, 0.3) is 0 Å². The lowest BCUT2D eigenvalue weighted by Gasteiger charge is -2.36. The quantitative estimate of drug-likeness (QED) is 0.178. The number of nitrogens with zero attached hydrogens (tertiary/aromatic N) is 2. The second-order valence-electron chi connectivity index (χ2n) is 15.1. The molecule has 4 bridgehead atoms. The average molecular weight is 775 g/mol. The molecule has 13 heteroatoms. The standard InChI is InChI=1S/C43H54N2O11/c1-8-14-34(46)42(3,4)36-20-13-18-32-33(54-32)23-22-27(50-7)24-39-45-29(26-52-39)41(49)56-37(43(5,6)35(47)15-9-2)19-12-17-31-30(53-31)16-10-11-21-38-44-28(25-51-38)40(48)55-36/h8-18,21-23,25-27,30-37,46-47H,19-20,24H2,1-7H3/b14-8+,15-9+,16-10-,17-12-,18-13-,21-11-,23-22-/t27?,30-,31-,32?,33?,34?,35?,36?,37?/m1/s1. The number of cyclic esters (lactones) is 2. The molecule has 2 N–H and O–H groups in total. The highest BCUT2D eigenvalue weighted by molar-refractivity contribution is 5.87. The Hall–Kier alpha value is -4.66. The van der Waals surface area contributed by atoms with E-state index in [1.807, 2.05) is 84.1 Å². The number of aliphatic hydroxyl groups is 2. The molecule has 2 fully saturated rings. The Kier molecular flexibility index (Phi) is 14.4. The molecular formula is C43H54N2O11. The Morgan fingerprint density at radius 3 is 1.80 bits per heavy atom. The van der Waals surface area contributed by atoms with Gasteiger partial charge in [-0.2, -0.15) is 0 Å². The van der Waals surface area contributed by atoms with E-state index >= 15 is 0 Å². The van der Waals surface area contributed by atoms with E-state index < -0.39 is 53.3 Å². The molecule has 7 unspecified atom stereocenters. The molecule has 2 saturated heterocycles. The predicted octanol–water partition coefficient (Wildman–Crippen LogP) is 6.46. The Morgan fingerprint density at radius 2 is 1.25 bits per heavy atom. The van der Waals surface area contributed by atoms with Gasteiger partial charge < -0.3 is 42.7 Å². The molecule has 5 rings (SSSR count). The van der Waals surface area contributed by atoms with Crippen molar-refractivity contribution < 1.29 is 52.3 Å². The number of rotatable bonds is 7. The van der Waals surface area contributed by atoms with Crippen molar-refractivity contribution in [2.75, 3.05) is 7.11 Å². The molecule has 0 aliphatic carbocycles. The van der Waals surface area contributed by atoms with Gasteiger partial charge in [-0.05, 0) is 13.8 Å². The summed E-state index contributed by atoms with van der Waals surface area (Å²) in [7, 11) is 1.56. The van der Waals surface area contributed by atoms with Crippen molar-refractivity contribution in [1.82, 2.24) is 9.97 Å². The first-order chi connectivity index (χ1) is 26.8. The van der Waals surface area contributed by atoms with Gasteiger partial charge in [0.2, 0.25) is 5.89 Å². The third kappa shape index (κ3) is 11.2. The molecule has 0 amide bonds. The fourth-order valence-corrected chi connectivity index (χ4v) is 6.10. The van der Waals surface area contributed by atoms with Crippen molar-refractivity contribution in [3.05, 3.63) is 115 Å². The minimum absolute atomic E-state index is 0.00381. The topological polar surface area (TPSA) is 179 Å². The summed E-state index contributed by atoms with van der Waals surface area (Å²) >= 11 is 0. The van der Waals surface area contributed by atoms with Crippen LogP contribution in [-0.2, 0) is 30.1 Å². The first kappa shape index (κ1) is 42.5. The number of methoxy groups -OCH3 is 1. The van der Waals surface area contributed by atoms with E-state index in [9.17, 15) is 19.8 Å². The number of fused-ring (bicyclic) bond motifs is 6. The van der Waals surface area contributed by atoms with E-state index in [0.717, 1.165) is 0 Å². The Labute approximate surface area is 328 Å². The highest BCUT2D eigenvalue weighted by Gasteiger charge is 2.41. The number of allylic oxidation sites excluding steroid dienone is 4. The molecule has 3 aliphatic rings. The Morgan fingerprint density at radius 1 is 0.732 bits per heavy atom. The zero-order valence-electron chi connectivity index (χ0n) is 33.0. The lowest BCUT2D eigenvalue weighted by Crippen LogP contribution is -2.42. The minimum atomic E-state index is -0.884. The smallest absolute Gasteiger partial charge is 0.360 e. The number of oxazole rings is 2.